The summed E-state index contributed by atoms with van der Waals surface area (Å²) in [5, 5.41) is 2.81. The van der Waals surface area contributed by atoms with Crippen molar-refractivity contribution in [3.63, 3.8) is 0 Å². The zero-order valence-electron chi connectivity index (χ0n) is 17.0. The van der Waals surface area contributed by atoms with E-state index in [0.717, 1.165) is 37.4 Å². The van der Waals surface area contributed by atoms with Gasteiger partial charge in [-0.25, -0.2) is 9.37 Å². The maximum atomic E-state index is 13.0. The number of anilines is 1. The number of benzene rings is 1. The zero-order chi connectivity index (χ0) is 21.1. The summed E-state index contributed by atoms with van der Waals surface area (Å²) in [6.07, 6.45) is 1.81. The minimum absolute atomic E-state index is 0.0557. The predicted octanol–water partition coefficient (Wildman–Crippen LogP) is -0.936. The van der Waals surface area contributed by atoms with E-state index in [0.29, 0.717) is 24.4 Å². The highest BCUT2D eigenvalue weighted by atomic mass is 19.1. The topological polar surface area (TPSA) is 72.3 Å². The van der Waals surface area contributed by atoms with Gasteiger partial charge < -0.3 is 15.1 Å². The van der Waals surface area contributed by atoms with Crippen LogP contribution in [0.15, 0.2) is 53.5 Å². The molecular weight excluding hydrogens is 385 g/mol. The number of piperazine rings is 1. The molecule has 0 radical (unpaired) electrons. The summed E-state index contributed by atoms with van der Waals surface area (Å²) in [7, 11) is 0. The average molecular weight is 411 g/mol. The van der Waals surface area contributed by atoms with Crippen LogP contribution in [-0.4, -0.2) is 48.0 Å². The van der Waals surface area contributed by atoms with E-state index in [4.69, 9.17) is 0 Å². The van der Waals surface area contributed by atoms with E-state index < -0.39 is 0 Å². The number of aryl methyl sites for hydroxylation is 1. The molecule has 1 amide bonds. The number of nitrogens with one attached hydrogen (secondary N) is 3. The first-order valence-electron chi connectivity index (χ1n) is 10.2. The highest BCUT2D eigenvalue weighted by Gasteiger charge is 2.25. The van der Waals surface area contributed by atoms with Crippen molar-refractivity contribution < 1.29 is 19.0 Å². The van der Waals surface area contributed by atoms with Gasteiger partial charge in [0.25, 0.3) is 11.5 Å². The number of fused-ring (bicyclic) bond motifs is 1. The van der Waals surface area contributed by atoms with Crippen LogP contribution < -0.4 is 20.7 Å². The average Bonchev–Trinajstić information content (AvgIpc) is 2.72. The van der Waals surface area contributed by atoms with Crippen molar-refractivity contribution in [2.24, 2.45) is 0 Å². The van der Waals surface area contributed by atoms with E-state index in [-0.39, 0.29) is 17.3 Å². The number of rotatable bonds is 5. The standard InChI is InChI=1S/C22H24FN5O2/c1-16-2-7-20-24-19(12-22(30)28(20)13-16)14-26-8-10-27(11-9-26)15-21(29)25-18-5-3-17(23)4-6-18/h2-7,12-13H,8-11,14-15H2,1H3,(H,25,29)/p+2. The van der Waals surface area contributed by atoms with Crippen molar-refractivity contribution in [2.75, 3.05) is 38.0 Å². The van der Waals surface area contributed by atoms with Crippen LogP contribution >= 0.6 is 0 Å². The minimum atomic E-state index is -0.323. The summed E-state index contributed by atoms with van der Waals surface area (Å²) in [6.45, 7) is 6.61. The van der Waals surface area contributed by atoms with Gasteiger partial charge in [0.15, 0.2) is 6.54 Å². The molecular formula is C22H26FN5O2+2. The van der Waals surface area contributed by atoms with Crippen LogP contribution in [0.3, 0.4) is 0 Å². The van der Waals surface area contributed by atoms with Crippen LogP contribution in [0.4, 0.5) is 10.1 Å². The van der Waals surface area contributed by atoms with Gasteiger partial charge in [-0.15, -0.1) is 0 Å². The molecule has 0 aliphatic carbocycles. The Balaban J connectivity index is 1.30. The molecule has 30 heavy (non-hydrogen) atoms. The molecule has 7 nitrogen and oxygen atoms in total. The Hall–Kier alpha value is -3.10. The quantitative estimate of drug-likeness (QED) is 0.508. The summed E-state index contributed by atoms with van der Waals surface area (Å²) < 4.78 is 14.5. The van der Waals surface area contributed by atoms with E-state index >= 15 is 0 Å². The third-order valence-corrected chi connectivity index (χ3v) is 5.49. The first kappa shape index (κ1) is 20.2. The van der Waals surface area contributed by atoms with E-state index in [1.807, 2.05) is 19.1 Å². The molecule has 3 aromatic rings. The molecule has 1 saturated heterocycles. The van der Waals surface area contributed by atoms with Crippen molar-refractivity contribution >= 4 is 17.2 Å². The monoisotopic (exact) mass is 411 g/mol. The van der Waals surface area contributed by atoms with E-state index in [1.165, 1.54) is 21.9 Å². The summed E-state index contributed by atoms with van der Waals surface area (Å²) >= 11 is 0. The van der Waals surface area contributed by atoms with Gasteiger partial charge in [-0.2, -0.15) is 0 Å². The molecule has 156 valence electrons. The van der Waals surface area contributed by atoms with Crippen molar-refractivity contribution in [1.29, 1.82) is 0 Å². The first-order chi connectivity index (χ1) is 14.5. The van der Waals surface area contributed by atoms with E-state index in [2.05, 4.69) is 10.3 Å². The number of aromatic nitrogens is 2. The van der Waals surface area contributed by atoms with Crippen molar-refractivity contribution in [1.82, 2.24) is 9.38 Å². The molecule has 8 heteroatoms. The molecule has 4 rings (SSSR count). The molecule has 0 unspecified atom stereocenters. The first-order valence-corrected chi connectivity index (χ1v) is 10.2. The van der Waals surface area contributed by atoms with Gasteiger partial charge in [0, 0.05) is 18.0 Å². The number of halogens is 1. The van der Waals surface area contributed by atoms with E-state index in [1.54, 1.807) is 28.8 Å². The molecule has 3 N–H and O–H groups in total. The number of hydrogen-bond donors (Lipinski definition) is 3. The number of carbonyl (C=O) groups is 1. The highest BCUT2D eigenvalue weighted by molar-refractivity contribution is 5.91. The van der Waals surface area contributed by atoms with Gasteiger partial charge in [-0.3, -0.25) is 14.0 Å². The third-order valence-electron chi connectivity index (χ3n) is 5.49. The molecule has 0 spiro atoms. The molecule has 0 atom stereocenters. The van der Waals surface area contributed by atoms with Crippen molar-refractivity contribution in [3.8, 4) is 0 Å². The molecule has 3 heterocycles. The maximum Gasteiger partial charge on any atom is 0.279 e. The van der Waals surface area contributed by atoms with Gasteiger partial charge in [0.05, 0.1) is 0 Å². The summed E-state index contributed by atoms with van der Waals surface area (Å²) in [5.41, 5.74) is 3.04. The Bertz CT molecular complexity index is 1100. The molecule has 0 bridgehead atoms. The largest absolute Gasteiger partial charge is 0.321 e. The van der Waals surface area contributed by atoms with Gasteiger partial charge in [0.1, 0.15) is 49.9 Å². The van der Waals surface area contributed by atoms with Gasteiger partial charge in [0.2, 0.25) is 0 Å². The zero-order valence-corrected chi connectivity index (χ0v) is 17.0. The normalized spacial score (nSPS) is 19.0. The van der Waals surface area contributed by atoms with Crippen molar-refractivity contribution in [2.45, 2.75) is 13.5 Å². The second-order valence-electron chi connectivity index (χ2n) is 7.93. The van der Waals surface area contributed by atoms with Crippen LogP contribution in [0.2, 0.25) is 0 Å². The van der Waals surface area contributed by atoms with E-state index in [9.17, 15) is 14.0 Å². The Kier molecular flexibility index (Phi) is 5.87. The molecule has 1 aliphatic rings. The SMILES string of the molecule is Cc1ccc2nc(C[NH+]3CC[NH+](CC(=O)Nc4ccc(F)cc4)CC3)cc(=O)n2c1. The Morgan fingerprint density at radius 3 is 2.53 bits per heavy atom. The lowest BCUT2D eigenvalue weighted by Crippen LogP contribution is -3.28. The fraction of sp³-hybridized carbons (Fsp3) is 0.318. The summed E-state index contributed by atoms with van der Waals surface area (Å²) in [4.78, 5) is 31.8. The maximum absolute atomic E-state index is 13.0. The van der Waals surface area contributed by atoms with Crippen LogP contribution in [-0.2, 0) is 11.3 Å². The number of quaternary nitrogens is 2. The van der Waals surface area contributed by atoms with Gasteiger partial charge in [-0.05, 0) is 42.8 Å². The van der Waals surface area contributed by atoms with Crippen LogP contribution in [0.1, 0.15) is 11.3 Å². The number of amides is 1. The summed E-state index contributed by atoms with van der Waals surface area (Å²) in [5.74, 6) is -0.393. The Morgan fingerprint density at radius 2 is 1.80 bits per heavy atom. The molecule has 1 aliphatic heterocycles. The Morgan fingerprint density at radius 1 is 1.10 bits per heavy atom. The van der Waals surface area contributed by atoms with Crippen LogP contribution in [0.25, 0.3) is 5.65 Å². The number of pyridine rings is 1. The smallest absolute Gasteiger partial charge is 0.279 e. The minimum Gasteiger partial charge on any atom is -0.321 e. The lowest BCUT2D eigenvalue weighted by molar-refractivity contribution is -1.02. The van der Waals surface area contributed by atoms with Gasteiger partial charge >= 0.3 is 0 Å². The Labute approximate surface area is 173 Å². The molecule has 1 fully saturated rings. The fourth-order valence-corrected chi connectivity index (χ4v) is 3.88. The second kappa shape index (κ2) is 8.73. The second-order valence-corrected chi connectivity index (χ2v) is 7.93. The lowest BCUT2D eigenvalue weighted by atomic mass is 10.2. The number of carbonyl (C=O) groups excluding carboxylic acids is 1. The predicted molar refractivity (Wildman–Crippen MR) is 111 cm³/mol. The highest BCUT2D eigenvalue weighted by Crippen LogP contribution is 2.07. The third kappa shape index (κ3) is 4.90. The fourth-order valence-electron chi connectivity index (χ4n) is 3.88. The number of hydrogen-bond acceptors (Lipinski definition) is 3. The number of nitrogens with zero attached hydrogens (tertiary/aromatic N) is 2. The van der Waals surface area contributed by atoms with Crippen molar-refractivity contribution in [3.05, 3.63) is 76.1 Å². The van der Waals surface area contributed by atoms with Gasteiger partial charge in [-0.1, -0.05) is 6.07 Å². The molecule has 0 saturated carbocycles. The molecule has 2 aromatic heterocycles. The summed E-state index contributed by atoms with van der Waals surface area (Å²) in [6, 6.07) is 11.2. The molecule has 1 aromatic carbocycles. The lowest BCUT2D eigenvalue weighted by Gasteiger charge is -2.29. The van der Waals surface area contributed by atoms with Crippen LogP contribution in [0, 0.1) is 12.7 Å². The van der Waals surface area contributed by atoms with Crippen LogP contribution in [0.5, 0.6) is 0 Å².